The van der Waals surface area contributed by atoms with Gasteiger partial charge in [-0.15, -0.1) is 0 Å². The normalized spacial score (nSPS) is 16.6. The lowest BCUT2D eigenvalue weighted by molar-refractivity contribution is -0.134. The third-order valence-corrected chi connectivity index (χ3v) is 7.85. The minimum absolute atomic E-state index is 0.302. The van der Waals surface area contributed by atoms with E-state index in [9.17, 15) is 19.2 Å². The van der Waals surface area contributed by atoms with Gasteiger partial charge in [0.15, 0.2) is 0 Å². The van der Waals surface area contributed by atoms with Crippen molar-refractivity contribution in [2.24, 2.45) is 0 Å². The smallest absolute Gasteiger partial charge is 0.328 e. The first-order valence-corrected chi connectivity index (χ1v) is 14.6. The van der Waals surface area contributed by atoms with E-state index in [0.717, 1.165) is 57.0 Å². The van der Waals surface area contributed by atoms with Crippen molar-refractivity contribution in [1.82, 2.24) is 9.80 Å². The lowest BCUT2D eigenvalue weighted by Crippen LogP contribution is -2.48. The first-order chi connectivity index (χ1) is 20.5. The quantitative estimate of drug-likeness (QED) is 0.199. The van der Waals surface area contributed by atoms with Gasteiger partial charge < -0.3 is 30.4 Å². The number of carboxylic acids is 4. The summed E-state index contributed by atoms with van der Waals surface area (Å²) in [7, 11) is 0. The molecule has 4 rings (SSSR count). The fraction of sp³-hybridized carbons (Fsp3) is 0.333. The Hall–Kier alpha value is -3.68. The molecular weight excluding hydrogens is 600 g/mol. The number of hydrogen-bond donors (Lipinski definition) is 5. The van der Waals surface area contributed by atoms with Crippen LogP contribution in [0, 0.1) is 0 Å². The summed E-state index contributed by atoms with van der Waals surface area (Å²) in [5, 5.41) is 41.1. The summed E-state index contributed by atoms with van der Waals surface area (Å²) in [6.07, 6.45) is 5.27. The van der Waals surface area contributed by atoms with E-state index in [1.54, 1.807) is 0 Å². The summed E-state index contributed by atoms with van der Waals surface area (Å²) in [5.41, 5.74) is 2.81. The Bertz CT molecular complexity index is 1240. The summed E-state index contributed by atoms with van der Waals surface area (Å²) < 4.78 is 0. The molecular formula is C30H35ClN2O9S. The monoisotopic (exact) mass is 634 g/mol. The van der Waals surface area contributed by atoms with Gasteiger partial charge >= 0.3 is 23.9 Å². The Morgan fingerprint density at radius 1 is 0.791 bits per heavy atom. The number of hydrogen-bond acceptors (Lipinski definition) is 8. The molecule has 2 aromatic carbocycles. The van der Waals surface area contributed by atoms with Gasteiger partial charge in [0.05, 0.1) is 0 Å². The number of aliphatic hydroxyl groups is 1. The topological polar surface area (TPSA) is 176 Å². The minimum Gasteiger partial charge on any atom is -0.478 e. The van der Waals surface area contributed by atoms with Gasteiger partial charge in [-0.25, -0.2) is 19.2 Å². The Labute approximate surface area is 258 Å². The average molecular weight is 635 g/mol. The molecule has 0 radical (unpaired) electrons. The fourth-order valence-corrected chi connectivity index (χ4v) is 5.73. The SMILES string of the molecule is O=C(O)C=CC(=O)O.O=C(O)C=CC(=O)O.OCCCCN1CCN(C2Cc3ccccc3Sc3ccc(Cl)cc32)CC1. The summed E-state index contributed by atoms with van der Waals surface area (Å²) in [6, 6.07) is 15.5. The highest BCUT2D eigenvalue weighted by Crippen LogP contribution is 2.43. The molecule has 0 saturated carbocycles. The molecule has 2 aliphatic rings. The zero-order chi connectivity index (χ0) is 31.8. The number of aliphatic carboxylic acids is 4. The third-order valence-electron chi connectivity index (χ3n) is 6.40. The van der Waals surface area contributed by atoms with E-state index >= 15 is 0 Å². The predicted molar refractivity (Wildman–Crippen MR) is 162 cm³/mol. The van der Waals surface area contributed by atoms with Crippen LogP contribution in [0.2, 0.25) is 5.02 Å². The second-order valence-corrected chi connectivity index (χ2v) is 11.0. The van der Waals surface area contributed by atoms with E-state index in [-0.39, 0.29) is 0 Å². The van der Waals surface area contributed by atoms with Crippen molar-refractivity contribution < 1.29 is 44.7 Å². The van der Waals surface area contributed by atoms with Gasteiger partial charge in [0.2, 0.25) is 0 Å². The van der Waals surface area contributed by atoms with E-state index < -0.39 is 23.9 Å². The van der Waals surface area contributed by atoms with Gasteiger partial charge in [0.25, 0.3) is 0 Å². The first-order valence-electron chi connectivity index (χ1n) is 13.4. The van der Waals surface area contributed by atoms with Gasteiger partial charge in [-0.05, 0) is 61.2 Å². The van der Waals surface area contributed by atoms with Crippen LogP contribution < -0.4 is 0 Å². The van der Waals surface area contributed by atoms with Gasteiger partial charge in [-0.2, -0.15) is 0 Å². The lowest BCUT2D eigenvalue weighted by atomic mass is 9.96. The van der Waals surface area contributed by atoms with Crippen LogP contribution in [0.4, 0.5) is 0 Å². The Morgan fingerprint density at radius 3 is 1.88 bits per heavy atom. The largest absolute Gasteiger partial charge is 0.478 e. The van der Waals surface area contributed by atoms with E-state index in [2.05, 4.69) is 46.2 Å². The number of benzene rings is 2. The van der Waals surface area contributed by atoms with Crippen molar-refractivity contribution in [2.45, 2.75) is 35.1 Å². The molecule has 0 aromatic heterocycles. The highest BCUT2D eigenvalue weighted by molar-refractivity contribution is 7.99. The zero-order valence-electron chi connectivity index (χ0n) is 23.3. The van der Waals surface area contributed by atoms with Crippen molar-refractivity contribution in [3.8, 4) is 0 Å². The lowest BCUT2D eigenvalue weighted by Gasteiger charge is -2.39. The van der Waals surface area contributed by atoms with E-state index in [1.165, 1.54) is 20.9 Å². The van der Waals surface area contributed by atoms with Crippen molar-refractivity contribution in [2.75, 3.05) is 39.3 Å². The van der Waals surface area contributed by atoms with Crippen LogP contribution in [0.1, 0.15) is 30.0 Å². The maximum Gasteiger partial charge on any atom is 0.328 e. The number of aliphatic hydroxyl groups excluding tert-OH is 1. The third kappa shape index (κ3) is 13.4. The van der Waals surface area contributed by atoms with E-state index in [4.69, 9.17) is 37.1 Å². The Kier molecular flexibility index (Phi) is 15.5. The summed E-state index contributed by atoms with van der Waals surface area (Å²) >= 11 is 8.26. The van der Waals surface area contributed by atoms with Crippen LogP contribution in [-0.4, -0.2) is 98.5 Å². The number of carboxylic acid groups (broad SMARTS) is 4. The maximum absolute atomic E-state index is 9.55. The molecule has 0 amide bonds. The molecule has 13 heteroatoms. The second kappa shape index (κ2) is 18.8. The van der Waals surface area contributed by atoms with Crippen LogP contribution in [0.15, 0.2) is 76.6 Å². The molecule has 0 aliphatic carbocycles. The molecule has 2 aliphatic heterocycles. The van der Waals surface area contributed by atoms with Gasteiger partial charge in [0, 0.05) is 77.9 Å². The Morgan fingerprint density at radius 2 is 1.35 bits per heavy atom. The molecule has 1 atom stereocenters. The molecule has 232 valence electrons. The molecule has 1 fully saturated rings. The van der Waals surface area contributed by atoms with Crippen molar-refractivity contribution >= 4 is 47.2 Å². The number of piperazine rings is 1. The molecule has 0 spiro atoms. The molecule has 1 saturated heterocycles. The van der Waals surface area contributed by atoms with E-state index in [0.29, 0.717) is 37.0 Å². The van der Waals surface area contributed by atoms with Gasteiger partial charge in [-0.1, -0.05) is 41.6 Å². The van der Waals surface area contributed by atoms with Gasteiger partial charge in [-0.3, -0.25) is 4.90 Å². The second-order valence-electron chi connectivity index (χ2n) is 9.44. The number of carbonyl (C=O) groups is 4. The van der Waals surface area contributed by atoms with Crippen molar-refractivity contribution in [3.05, 3.63) is 82.9 Å². The molecule has 2 aromatic rings. The molecule has 5 N–H and O–H groups in total. The van der Waals surface area contributed by atoms with Crippen LogP contribution in [0.25, 0.3) is 0 Å². The van der Waals surface area contributed by atoms with Crippen LogP contribution in [0.3, 0.4) is 0 Å². The fourth-order valence-electron chi connectivity index (χ4n) is 4.44. The molecule has 43 heavy (non-hydrogen) atoms. The number of halogens is 1. The molecule has 2 heterocycles. The average Bonchev–Trinajstić information content (AvgIpc) is 3.13. The summed E-state index contributed by atoms with van der Waals surface area (Å²) in [4.78, 5) is 46.1. The minimum atomic E-state index is -1.26. The van der Waals surface area contributed by atoms with Crippen LogP contribution in [-0.2, 0) is 25.6 Å². The van der Waals surface area contributed by atoms with E-state index in [1.807, 2.05) is 17.8 Å². The molecule has 0 bridgehead atoms. The van der Waals surface area contributed by atoms with Crippen LogP contribution in [0.5, 0.6) is 0 Å². The van der Waals surface area contributed by atoms with Crippen molar-refractivity contribution in [1.29, 1.82) is 0 Å². The Balaban J connectivity index is 0.000000334. The number of fused-ring (bicyclic) bond motifs is 2. The summed E-state index contributed by atoms with van der Waals surface area (Å²) in [5.74, 6) is -5.03. The highest BCUT2D eigenvalue weighted by Gasteiger charge is 2.30. The summed E-state index contributed by atoms with van der Waals surface area (Å²) in [6.45, 7) is 5.78. The first kappa shape index (κ1) is 35.5. The maximum atomic E-state index is 9.55. The molecule has 11 nitrogen and oxygen atoms in total. The van der Waals surface area contributed by atoms with Gasteiger partial charge in [0.1, 0.15) is 0 Å². The predicted octanol–water partition coefficient (Wildman–Crippen LogP) is 3.90. The number of rotatable bonds is 9. The van der Waals surface area contributed by atoms with Crippen molar-refractivity contribution in [3.63, 3.8) is 0 Å². The molecule has 1 unspecified atom stereocenters. The van der Waals surface area contributed by atoms with Crippen LogP contribution >= 0.6 is 23.4 Å². The number of nitrogens with zero attached hydrogens (tertiary/aromatic N) is 2. The number of unbranched alkanes of at least 4 members (excludes halogenated alkanes) is 1. The zero-order valence-corrected chi connectivity index (χ0v) is 24.9. The standard InChI is InChI=1S/C22H27ClN2OS.2C4H4O4/c23-18-7-8-22-19(16-18)20(15-17-5-1-2-6-21(17)27-22)25-12-10-24(11-13-25)9-3-4-14-26;2*5-3(6)1-2-4(7)8/h1-2,5-8,16,20,26H,3-4,9-15H2;2*1-2H,(H,5,6)(H,7,8). The highest BCUT2D eigenvalue weighted by atomic mass is 35.5.